The molecule has 0 aromatic heterocycles. The molecule has 1 fully saturated rings. The monoisotopic (exact) mass is 296 g/mol. The highest BCUT2D eigenvalue weighted by Crippen LogP contribution is 2.43. The lowest BCUT2D eigenvalue weighted by Crippen LogP contribution is -2.58. The molecule has 2 N–H and O–H groups in total. The number of hydrogen-bond donors (Lipinski definition) is 1. The first kappa shape index (κ1) is 19.0. The summed E-state index contributed by atoms with van der Waals surface area (Å²) >= 11 is 0. The van der Waals surface area contributed by atoms with Crippen molar-refractivity contribution in [3.63, 3.8) is 0 Å². The maximum atomic E-state index is 6.29. The number of nitrogens with zero attached hydrogens (tertiary/aromatic N) is 1. The molecule has 0 amide bonds. The van der Waals surface area contributed by atoms with Gasteiger partial charge in [-0.15, -0.1) is 0 Å². The van der Waals surface area contributed by atoms with Gasteiger partial charge in [0.05, 0.1) is 0 Å². The summed E-state index contributed by atoms with van der Waals surface area (Å²) in [5.74, 6) is 0.863. The Bertz CT molecular complexity index is 282. The lowest BCUT2D eigenvalue weighted by molar-refractivity contribution is 0.000317. The lowest BCUT2D eigenvalue weighted by atomic mass is 9.66. The average Bonchev–Trinajstić information content (AvgIpc) is 2.42. The minimum absolute atomic E-state index is 0.268. The van der Waals surface area contributed by atoms with E-state index in [0.717, 1.165) is 12.5 Å². The van der Waals surface area contributed by atoms with Gasteiger partial charge >= 0.3 is 0 Å². The molecule has 0 radical (unpaired) electrons. The van der Waals surface area contributed by atoms with Gasteiger partial charge < -0.3 is 5.73 Å². The van der Waals surface area contributed by atoms with E-state index in [1.807, 2.05) is 0 Å². The zero-order valence-electron chi connectivity index (χ0n) is 15.5. The maximum absolute atomic E-state index is 6.29. The normalized spacial score (nSPS) is 27.6. The van der Waals surface area contributed by atoms with Crippen molar-refractivity contribution < 1.29 is 0 Å². The highest BCUT2D eigenvalue weighted by atomic mass is 15.2. The topological polar surface area (TPSA) is 29.3 Å². The van der Waals surface area contributed by atoms with Crippen LogP contribution in [0.15, 0.2) is 0 Å². The molecule has 2 heteroatoms. The summed E-state index contributed by atoms with van der Waals surface area (Å²) in [6.07, 6.45) is 9.22. The summed E-state index contributed by atoms with van der Waals surface area (Å²) in [5, 5.41) is 0. The fourth-order valence-corrected chi connectivity index (χ4v) is 4.21. The van der Waals surface area contributed by atoms with Gasteiger partial charge in [0.2, 0.25) is 0 Å². The van der Waals surface area contributed by atoms with Gasteiger partial charge in [0.1, 0.15) is 0 Å². The molecular formula is C19H40N2. The van der Waals surface area contributed by atoms with Crippen molar-refractivity contribution in [3.8, 4) is 0 Å². The van der Waals surface area contributed by atoms with Crippen molar-refractivity contribution >= 4 is 0 Å². The van der Waals surface area contributed by atoms with E-state index in [4.69, 9.17) is 5.73 Å². The Morgan fingerprint density at radius 1 is 1.14 bits per heavy atom. The standard InChI is InChI=1S/C19H40N2/c1-7-8-9-14-21(16(2)3)19(15-20)12-10-17(11-13-19)18(4,5)6/h16-17H,7-15,20H2,1-6H3. The summed E-state index contributed by atoms with van der Waals surface area (Å²) in [6.45, 7) is 16.2. The largest absolute Gasteiger partial charge is 0.329 e. The second kappa shape index (κ2) is 7.97. The average molecular weight is 297 g/mol. The van der Waals surface area contributed by atoms with Crippen LogP contribution in [0.25, 0.3) is 0 Å². The second-order valence-electron chi connectivity index (χ2n) is 8.56. The van der Waals surface area contributed by atoms with Crippen LogP contribution < -0.4 is 5.73 Å². The number of rotatable bonds is 7. The van der Waals surface area contributed by atoms with E-state index in [2.05, 4.69) is 46.4 Å². The fourth-order valence-electron chi connectivity index (χ4n) is 4.21. The molecule has 0 aromatic rings. The molecule has 1 rings (SSSR count). The minimum atomic E-state index is 0.268. The van der Waals surface area contributed by atoms with Crippen LogP contribution in [-0.4, -0.2) is 29.6 Å². The molecule has 0 atom stereocenters. The Morgan fingerprint density at radius 3 is 2.10 bits per heavy atom. The molecule has 0 unspecified atom stereocenters. The van der Waals surface area contributed by atoms with Gasteiger partial charge in [-0.1, -0.05) is 40.5 Å². The van der Waals surface area contributed by atoms with Crippen molar-refractivity contribution in [2.45, 2.75) is 98.1 Å². The second-order valence-corrected chi connectivity index (χ2v) is 8.56. The zero-order valence-corrected chi connectivity index (χ0v) is 15.5. The van der Waals surface area contributed by atoms with E-state index < -0.39 is 0 Å². The zero-order chi connectivity index (χ0) is 16.1. The summed E-state index contributed by atoms with van der Waals surface area (Å²) in [5.41, 5.74) is 7.01. The van der Waals surface area contributed by atoms with Gasteiger partial charge in [-0.3, -0.25) is 4.90 Å². The number of hydrogen-bond acceptors (Lipinski definition) is 2. The first-order valence-corrected chi connectivity index (χ1v) is 9.23. The predicted molar refractivity (Wildman–Crippen MR) is 94.6 cm³/mol. The smallest absolute Gasteiger partial charge is 0.0334 e. The van der Waals surface area contributed by atoms with E-state index >= 15 is 0 Å². The van der Waals surface area contributed by atoms with Crippen molar-refractivity contribution in [1.82, 2.24) is 4.90 Å². The molecule has 0 aromatic carbocycles. The van der Waals surface area contributed by atoms with Crippen LogP contribution in [0.4, 0.5) is 0 Å². The Balaban J connectivity index is 2.74. The van der Waals surface area contributed by atoms with Gasteiger partial charge in [-0.25, -0.2) is 0 Å². The first-order chi connectivity index (χ1) is 9.77. The third-order valence-electron chi connectivity index (χ3n) is 5.76. The summed E-state index contributed by atoms with van der Waals surface area (Å²) in [7, 11) is 0. The Kier molecular flexibility index (Phi) is 7.19. The lowest BCUT2D eigenvalue weighted by Gasteiger charge is -2.51. The Labute approximate surface area is 133 Å². The van der Waals surface area contributed by atoms with Crippen LogP contribution in [0.3, 0.4) is 0 Å². The molecule has 0 saturated heterocycles. The van der Waals surface area contributed by atoms with E-state index in [-0.39, 0.29) is 5.54 Å². The van der Waals surface area contributed by atoms with E-state index in [0.29, 0.717) is 11.5 Å². The van der Waals surface area contributed by atoms with Gasteiger partial charge in [0, 0.05) is 18.1 Å². The van der Waals surface area contributed by atoms with Crippen molar-refractivity contribution in [2.24, 2.45) is 17.1 Å². The van der Waals surface area contributed by atoms with Crippen LogP contribution in [0.1, 0.15) is 86.5 Å². The molecule has 1 saturated carbocycles. The summed E-state index contributed by atoms with van der Waals surface area (Å²) < 4.78 is 0. The van der Waals surface area contributed by atoms with E-state index in [1.165, 1.54) is 51.5 Å². The van der Waals surface area contributed by atoms with Crippen LogP contribution in [0, 0.1) is 11.3 Å². The minimum Gasteiger partial charge on any atom is -0.329 e. The highest BCUT2D eigenvalue weighted by Gasteiger charge is 2.42. The maximum Gasteiger partial charge on any atom is 0.0334 e. The Hall–Kier alpha value is -0.0800. The third kappa shape index (κ3) is 4.96. The molecule has 1 aliphatic carbocycles. The summed E-state index contributed by atoms with van der Waals surface area (Å²) in [6, 6.07) is 0.608. The molecule has 21 heavy (non-hydrogen) atoms. The van der Waals surface area contributed by atoms with E-state index in [1.54, 1.807) is 0 Å². The SMILES string of the molecule is CCCCCN(C(C)C)C1(CN)CCC(C(C)(C)C)CC1. The van der Waals surface area contributed by atoms with E-state index in [9.17, 15) is 0 Å². The van der Waals surface area contributed by atoms with Crippen LogP contribution in [0.5, 0.6) is 0 Å². The van der Waals surface area contributed by atoms with Crippen LogP contribution in [-0.2, 0) is 0 Å². The quantitative estimate of drug-likeness (QED) is 0.682. The molecule has 0 spiro atoms. The van der Waals surface area contributed by atoms with Crippen molar-refractivity contribution in [1.29, 1.82) is 0 Å². The molecule has 126 valence electrons. The highest BCUT2D eigenvalue weighted by molar-refractivity contribution is 4.98. The summed E-state index contributed by atoms with van der Waals surface area (Å²) in [4.78, 5) is 2.74. The van der Waals surface area contributed by atoms with Gasteiger partial charge in [0.15, 0.2) is 0 Å². The Morgan fingerprint density at radius 2 is 1.71 bits per heavy atom. The van der Waals surface area contributed by atoms with Gasteiger partial charge in [0.25, 0.3) is 0 Å². The molecule has 0 aliphatic heterocycles. The number of unbranched alkanes of at least 4 members (excludes halogenated alkanes) is 2. The molecule has 0 heterocycles. The van der Waals surface area contributed by atoms with Crippen molar-refractivity contribution in [2.75, 3.05) is 13.1 Å². The first-order valence-electron chi connectivity index (χ1n) is 9.23. The molecule has 0 bridgehead atoms. The van der Waals surface area contributed by atoms with Crippen LogP contribution >= 0.6 is 0 Å². The third-order valence-corrected chi connectivity index (χ3v) is 5.76. The fraction of sp³-hybridized carbons (Fsp3) is 1.00. The number of nitrogens with two attached hydrogens (primary N) is 1. The predicted octanol–water partition coefficient (Wildman–Crippen LogP) is 4.82. The van der Waals surface area contributed by atoms with Crippen LogP contribution in [0.2, 0.25) is 0 Å². The molecule has 2 nitrogen and oxygen atoms in total. The van der Waals surface area contributed by atoms with Crippen molar-refractivity contribution in [3.05, 3.63) is 0 Å². The van der Waals surface area contributed by atoms with Gasteiger partial charge in [-0.2, -0.15) is 0 Å². The van der Waals surface area contributed by atoms with Gasteiger partial charge in [-0.05, 0) is 63.8 Å². The molecular weight excluding hydrogens is 256 g/mol. The molecule has 1 aliphatic rings.